The summed E-state index contributed by atoms with van der Waals surface area (Å²) in [5.41, 5.74) is 1.92. The van der Waals surface area contributed by atoms with Crippen LogP contribution < -0.4 is 5.32 Å². The largest absolute Gasteiger partial charge is 0.395 e. The van der Waals surface area contributed by atoms with E-state index in [1.165, 1.54) is 0 Å². The first-order valence-electron chi connectivity index (χ1n) is 9.96. The molecule has 2 aromatic rings. The average Bonchev–Trinajstić information content (AvgIpc) is 3.05. The van der Waals surface area contributed by atoms with Gasteiger partial charge in [-0.05, 0) is 36.8 Å². The van der Waals surface area contributed by atoms with Crippen LogP contribution in [0.25, 0.3) is 10.9 Å². The second-order valence-electron chi connectivity index (χ2n) is 7.31. The third-order valence-corrected chi connectivity index (χ3v) is 5.55. The van der Waals surface area contributed by atoms with E-state index < -0.39 is 0 Å². The van der Waals surface area contributed by atoms with Crippen molar-refractivity contribution in [1.29, 1.82) is 5.26 Å². The second-order valence-corrected chi connectivity index (χ2v) is 7.31. The summed E-state index contributed by atoms with van der Waals surface area (Å²) >= 11 is 0. The van der Waals surface area contributed by atoms with Crippen molar-refractivity contribution in [3.05, 3.63) is 35.5 Å². The molecular formula is C22H31N3O2. The Labute approximate surface area is 162 Å². The van der Waals surface area contributed by atoms with Gasteiger partial charge in [-0.1, -0.05) is 39.7 Å². The van der Waals surface area contributed by atoms with Gasteiger partial charge < -0.3 is 15.0 Å². The molecule has 1 aromatic heterocycles. The molecule has 0 saturated carbocycles. The zero-order valence-corrected chi connectivity index (χ0v) is 16.7. The summed E-state index contributed by atoms with van der Waals surface area (Å²) in [6.07, 6.45) is 7.16. The summed E-state index contributed by atoms with van der Waals surface area (Å²) in [5, 5.41) is 22.6. The number of hydrogen-bond donors (Lipinski definition) is 2. The van der Waals surface area contributed by atoms with Gasteiger partial charge in [-0.25, -0.2) is 0 Å². The average molecular weight is 370 g/mol. The molecule has 2 rings (SSSR count). The number of hydrogen-bond acceptors (Lipinski definition) is 3. The molecule has 0 saturated heterocycles. The summed E-state index contributed by atoms with van der Waals surface area (Å²) in [6, 6.07) is 7.61. The predicted molar refractivity (Wildman–Crippen MR) is 109 cm³/mol. The molecule has 0 aliphatic rings. The number of nitriles is 1. The van der Waals surface area contributed by atoms with Crippen LogP contribution in [0.5, 0.6) is 0 Å². The molecule has 0 spiro atoms. The van der Waals surface area contributed by atoms with Crippen molar-refractivity contribution in [2.75, 3.05) is 13.2 Å². The summed E-state index contributed by atoms with van der Waals surface area (Å²) in [6.45, 7) is 7.58. The number of nitrogens with one attached hydrogen (secondary N) is 1. The summed E-state index contributed by atoms with van der Waals surface area (Å²) < 4.78 is 1.84. The maximum absolute atomic E-state index is 13.0. The SMILES string of the molecule is CCCC(CC)(CCC)CNC(=O)c1cn(CCO)c2cccc(C#N)c12. The van der Waals surface area contributed by atoms with Crippen LogP contribution in [0.3, 0.4) is 0 Å². The fourth-order valence-corrected chi connectivity index (χ4v) is 4.11. The number of fused-ring (bicyclic) bond motifs is 1. The summed E-state index contributed by atoms with van der Waals surface area (Å²) in [4.78, 5) is 13.0. The van der Waals surface area contributed by atoms with Crippen molar-refractivity contribution in [3.63, 3.8) is 0 Å². The van der Waals surface area contributed by atoms with Gasteiger partial charge in [-0.15, -0.1) is 0 Å². The van der Waals surface area contributed by atoms with Crippen molar-refractivity contribution in [3.8, 4) is 6.07 Å². The molecule has 5 heteroatoms. The van der Waals surface area contributed by atoms with Gasteiger partial charge in [0.15, 0.2) is 0 Å². The van der Waals surface area contributed by atoms with Crippen molar-refractivity contribution in [1.82, 2.24) is 9.88 Å². The Morgan fingerprint density at radius 2 is 1.96 bits per heavy atom. The first-order chi connectivity index (χ1) is 13.1. The van der Waals surface area contributed by atoms with E-state index in [4.69, 9.17) is 0 Å². The molecule has 0 radical (unpaired) electrons. The zero-order valence-electron chi connectivity index (χ0n) is 16.7. The Morgan fingerprint density at radius 3 is 2.52 bits per heavy atom. The standard InChI is InChI=1S/C22H31N3O2/c1-4-10-22(6-3,11-5-2)16-24-21(27)18-15-25(12-13-26)19-9-7-8-17(14-23)20(18)19/h7-9,15,26H,4-6,10-13,16H2,1-3H3,(H,24,27). The maximum atomic E-state index is 13.0. The first-order valence-corrected chi connectivity index (χ1v) is 9.96. The van der Waals surface area contributed by atoms with Crippen LogP contribution in [0.2, 0.25) is 0 Å². The van der Waals surface area contributed by atoms with Gasteiger partial charge in [-0.3, -0.25) is 4.79 Å². The van der Waals surface area contributed by atoms with Gasteiger partial charge in [0.25, 0.3) is 5.91 Å². The minimum atomic E-state index is -0.149. The lowest BCUT2D eigenvalue weighted by Crippen LogP contribution is -2.37. The molecule has 2 N–H and O–H groups in total. The smallest absolute Gasteiger partial charge is 0.253 e. The number of carbonyl (C=O) groups excluding carboxylic acids is 1. The lowest BCUT2D eigenvalue weighted by atomic mass is 9.77. The molecule has 0 atom stereocenters. The van der Waals surface area contributed by atoms with E-state index in [0.717, 1.165) is 37.6 Å². The Hall–Kier alpha value is -2.32. The first kappa shape index (κ1) is 21.0. The normalized spacial score (nSPS) is 11.5. The van der Waals surface area contributed by atoms with E-state index in [1.807, 2.05) is 10.6 Å². The molecule has 0 aliphatic carbocycles. The molecule has 5 nitrogen and oxygen atoms in total. The van der Waals surface area contributed by atoms with Crippen LogP contribution in [0, 0.1) is 16.7 Å². The molecule has 1 amide bonds. The fourth-order valence-electron chi connectivity index (χ4n) is 4.11. The molecule has 0 unspecified atom stereocenters. The number of aliphatic hydroxyl groups is 1. The fraction of sp³-hybridized carbons (Fsp3) is 0.545. The topological polar surface area (TPSA) is 78.1 Å². The quantitative estimate of drug-likeness (QED) is 0.658. The van der Waals surface area contributed by atoms with Gasteiger partial charge in [0, 0.05) is 24.7 Å². The minimum Gasteiger partial charge on any atom is -0.395 e. The van der Waals surface area contributed by atoms with E-state index in [2.05, 4.69) is 32.2 Å². The Kier molecular flexibility index (Phi) is 7.44. The van der Waals surface area contributed by atoms with Crippen molar-refractivity contribution < 1.29 is 9.90 Å². The van der Waals surface area contributed by atoms with E-state index in [-0.39, 0.29) is 17.9 Å². The van der Waals surface area contributed by atoms with Crippen LogP contribution >= 0.6 is 0 Å². The highest BCUT2D eigenvalue weighted by Gasteiger charge is 2.28. The van der Waals surface area contributed by atoms with E-state index in [0.29, 0.717) is 29.6 Å². The molecule has 0 bridgehead atoms. The Morgan fingerprint density at radius 1 is 1.26 bits per heavy atom. The number of aliphatic hydroxyl groups excluding tert-OH is 1. The highest BCUT2D eigenvalue weighted by molar-refractivity contribution is 6.09. The summed E-state index contributed by atoms with van der Waals surface area (Å²) in [7, 11) is 0. The number of benzene rings is 1. The number of carbonyl (C=O) groups is 1. The molecule has 0 aliphatic heterocycles. The minimum absolute atomic E-state index is 0.0203. The second kappa shape index (κ2) is 9.57. The van der Waals surface area contributed by atoms with Gasteiger partial charge in [0.1, 0.15) is 0 Å². The van der Waals surface area contributed by atoms with E-state index in [9.17, 15) is 15.2 Å². The monoisotopic (exact) mass is 369 g/mol. The van der Waals surface area contributed by atoms with E-state index >= 15 is 0 Å². The van der Waals surface area contributed by atoms with Gasteiger partial charge in [-0.2, -0.15) is 5.26 Å². The molecular weight excluding hydrogens is 338 g/mol. The highest BCUT2D eigenvalue weighted by atomic mass is 16.3. The zero-order chi connectivity index (χ0) is 19.9. The van der Waals surface area contributed by atoms with Crippen molar-refractivity contribution in [2.45, 2.75) is 59.4 Å². The summed E-state index contributed by atoms with van der Waals surface area (Å²) in [5.74, 6) is -0.149. The van der Waals surface area contributed by atoms with Crippen LogP contribution in [0.15, 0.2) is 24.4 Å². The van der Waals surface area contributed by atoms with Gasteiger partial charge in [0.05, 0.1) is 29.3 Å². The Bertz CT molecular complexity index is 811. The third kappa shape index (κ3) is 4.51. The molecule has 1 heterocycles. The van der Waals surface area contributed by atoms with Crippen molar-refractivity contribution >= 4 is 16.8 Å². The molecule has 1 aromatic carbocycles. The van der Waals surface area contributed by atoms with Crippen LogP contribution in [-0.2, 0) is 6.54 Å². The third-order valence-electron chi connectivity index (χ3n) is 5.55. The van der Waals surface area contributed by atoms with Crippen LogP contribution in [-0.4, -0.2) is 28.7 Å². The van der Waals surface area contributed by atoms with Crippen LogP contribution in [0.4, 0.5) is 0 Å². The van der Waals surface area contributed by atoms with Crippen LogP contribution in [0.1, 0.15) is 68.8 Å². The number of rotatable bonds is 10. The lowest BCUT2D eigenvalue weighted by Gasteiger charge is -2.32. The van der Waals surface area contributed by atoms with E-state index in [1.54, 1.807) is 18.3 Å². The molecule has 146 valence electrons. The Balaban J connectivity index is 2.35. The van der Waals surface area contributed by atoms with Gasteiger partial charge >= 0.3 is 0 Å². The molecule has 27 heavy (non-hydrogen) atoms. The van der Waals surface area contributed by atoms with Gasteiger partial charge in [0.2, 0.25) is 0 Å². The lowest BCUT2D eigenvalue weighted by molar-refractivity contribution is 0.0919. The number of amides is 1. The number of aromatic nitrogens is 1. The highest BCUT2D eigenvalue weighted by Crippen LogP contribution is 2.33. The number of nitrogens with zero attached hydrogens (tertiary/aromatic N) is 2. The van der Waals surface area contributed by atoms with Crippen molar-refractivity contribution in [2.24, 2.45) is 5.41 Å². The maximum Gasteiger partial charge on any atom is 0.253 e. The molecule has 0 fully saturated rings. The predicted octanol–water partition coefficient (Wildman–Crippen LogP) is 4.23.